The molecule has 0 rings (SSSR count). The summed E-state index contributed by atoms with van der Waals surface area (Å²) >= 11 is 4.42. The van der Waals surface area contributed by atoms with E-state index < -0.39 is 0 Å². The summed E-state index contributed by atoms with van der Waals surface area (Å²) in [6.45, 7) is 6.45. The molecule has 0 saturated carbocycles. The van der Waals surface area contributed by atoms with Crippen molar-refractivity contribution < 1.29 is 0 Å². The molecule has 0 aliphatic heterocycles. The van der Waals surface area contributed by atoms with Crippen LogP contribution in [0.5, 0.6) is 0 Å². The average Bonchev–Trinajstić information content (AvgIpc) is 1.78. The lowest BCUT2D eigenvalue weighted by Crippen LogP contribution is -2.08. The molecule has 0 aromatic carbocycles. The number of hydrogen-bond donors (Lipinski definition) is 1. The molecule has 0 aromatic heterocycles. The standard InChI is InChI=1S/C9H18S/c1-4-5-6-7-8-9(2,3)10/h5-6,10H,4,7-8H2,1-3H3. The van der Waals surface area contributed by atoms with Gasteiger partial charge in [-0.1, -0.05) is 32.9 Å². The predicted molar refractivity (Wildman–Crippen MR) is 51.7 cm³/mol. The van der Waals surface area contributed by atoms with E-state index >= 15 is 0 Å². The second-order valence-electron chi connectivity index (χ2n) is 3.23. The summed E-state index contributed by atoms with van der Waals surface area (Å²) < 4.78 is 0.193. The van der Waals surface area contributed by atoms with Gasteiger partial charge in [-0.2, -0.15) is 12.6 Å². The van der Waals surface area contributed by atoms with E-state index in [2.05, 4.69) is 45.6 Å². The smallest absolute Gasteiger partial charge is 0.00761 e. The van der Waals surface area contributed by atoms with E-state index in [0.29, 0.717) is 0 Å². The maximum absolute atomic E-state index is 4.42. The maximum Gasteiger partial charge on any atom is 0.00761 e. The molecule has 0 saturated heterocycles. The van der Waals surface area contributed by atoms with E-state index in [1.165, 1.54) is 0 Å². The van der Waals surface area contributed by atoms with Crippen LogP contribution in [-0.4, -0.2) is 4.75 Å². The van der Waals surface area contributed by atoms with Crippen molar-refractivity contribution in [2.45, 2.75) is 44.8 Å². The molecular weight excluding hydrogens is 140 g/mol. The van der Waals surface area contributed by atoms with Crippen molar-refractivity contribution in [3.05, 3.63) is 12.2 Å². The minimum atomic E-state index is 0.193. The Hall–Kier alpha value is 0.0900. The van der Waals surface area contributed by atoms with Crippen LogP contribution < -0.4 is 0 Å². The Morgan fingerprint density at radius 2 is 1.90 bits per heavy atom. The molecular formula is C9H18S. The highest BCUT2D eigenvalue weighted by Gasteiger charge is 2.08. The topological polar surface area (TPSA) is 0 Å². The van der Waals surface area contributed by atoms with Crippen LogP contribution in [0.25, 0.3) is 0 Å². The molecule has 0 aliphatic rings. The van der Waals surface area contributed by atoms with E-state index in [1.807, 2.05) is 0 Å². The molecule has 60 valence electrons. The van der Waals surface area contributed by atoms with E-state index in [1.54, 1.807) is 0 Å². The lowest BCUT2D eigenvalue weighted by Gasteiger charge is -2.14. The number of rotatable bonds is 4. The van der Waals surface area contributed by atoms with Crippen LogP contribution in [0.1, 0.15) is 40.0 Å². The summed E-state index contributed by atoms with van der Waals surface area (Å²) in [5.74, 6) is 0. The fraction of sp³-hybridized carbons (Fsp3) is 0.778. The Morgan fingerprint density at radius 3 is 2.30 bits per heavy atom. The molecule has 10 heavy (non-hydrogen) atoms. The Morgan fingerprint density at radius 1 is 1.30 bits per heavy atom. The normalized spacial score (nSPS) is 12.8. The molecule has 1 heteroatoms. The molecule has 0 fully saturated rings. The van der Waals surface area contributed by atoms with Gasteiger partial charge in [0, 0.05) is 4.75 Å². The first-order chi connectivity index (χ1) is 4.56. The largest absolute Gasteiger partial charge is 0.173 e. The zero-order valence-electron chi connectivity index (χ0n) is 7.22. The molecule has 0 amide bonds. The summed E-state index contributed by atoms with van der Waals surface area (Å²) in [6, 6.07) is 0. The second-order valence-corrected chi connectivity index (χ2v) is 4.44. The fourth-order valence-corrected chi connectivity index (χ4v) is 0.850. The van der Waals surface area contributed by atoms with Crippen LogP contribution >= 0.6 is 12.6 Å². The molecule has 0 atom stereocenters. The lowest BCUT2D eigenvalue weighted by molar-refractivity contribution is 0.653. The number of thiol groups is 1. The van der Waals surface area contributed by atoms with Gasteiger partial charge in [-0.05, 0) is 19.3 Å². The third kappa shape index (κ3) is 8.09. The zero-order chi connectivity index (χ0) is 8.04. The zero-order valence-corrected chi connectivity index (χ0v) is 8.12. The molecule has 0 unspecified atom stereocenters. The van der Waals surface area contributed by atoms with Crippen LogP contribution in [0, 0.1) is 0 Å². The Labute approximate surface area is 70.1 Å². The van der Waals surface area contributed by atoms with E-state index in [-0.39, 0.29) is 4.75 Å². The van der Waals surface area contributed by atoms with E-state index in [9.17, 15) is 0 Å². The molecule has 0 spiro atoms. The van der Waals surface area contributed by atoms with Crippen molar-refractivity contribution in [3.63, 3.8) is 0 Å². The number of hydrogen-bond acceptors (Lipinski definition) is 1. The van der Waals surface area contributed by atoms with Gasteiger partial charge < -0.3 is 0 Å². The highest BCUT2D eigenvalue weighted by molar-refractivity contribution is 7.81. The minimum absolute atomic E-state index is 0.193. The van der Waals surface area contributed by atoms with Crippen molar-refractivity contribution in [1.29, 1.82) is 0 Å². The molecule has 0 heterocycles. The predicted octanol–water partition coefficient (Wildman–Crippen LogP) is 3.44. The highest BCUT2D eigenvalue weighted by Crippen LogP contribution is 2.18. The first kappa shape index (κ1) is 10.1. The maximum atomic E-state index is 4.42. The first-order valence-electron chi connectivity index (χ1n) is 3.93. The monoisotopic (exact) mass is 158 g/mol. The summed E-state index contributed by atoms with van der Waals surface area (Å²) in [5.41, 5.74) is 0. The third-order valence-corrected chi connectivity index (χ3v) is 1.55. The van der Waals surface area contributed by atoms with Crippen LogP contribution in [0.2, 0.25) is 0 Å². The minimum Gasteiger partial charge on any atom is -0.173 e. The highest BCUT2D eigenvalue weighted by atomic mass is 32.1. The van der Waals surface area contributed by atoms with Crippen molar-refractivity contribution in [1.82, 2.24) is 0 Å². The SMILES string of the molecule is CCC=CCCC(C)(C)S. The van der Waals surface area contributed by atoms with Crippen LogP contribution in [-0.2, 0) is 0 Å². The third-order valence-electron chi connectivity index (χ3n) is 1.33. The van der Waals surface area contributed by atoms with Gasteiger partial charge in [-0.25, -0.2) is 0 Å². The molecule has 0 aliphatic carbocycles. The van der Waals surface area contributed by atoms with Crippen LogP contribution in [0.15, 0.2) is 12.2 Å². The molecule has 0 nitrogen and oxygen atoms in total. The lowest BCUT2D eigenvalue weighted by atomic mass is 10.1. The van der Waals surface area contributed by atoms with Gasteiger partial charge in [0.2, 0.25) is 0 Å². The fourth-order valence-electron chi connectivity index (χ4n) is 0.721. The summed E-state index contributed by atoms with van der Waals surface area (Å²) in [5, 5.41) is 0. The van der Waals surface area contributed by atoms with Gasteiger partial charge in [0.1, 0.15) is 0 Å². The number of allylic oxidation sites excluding steroid dienone is 2. The molecule has 0 aromatic rings. The van der Waals surface area contributed by atoms with Gasteiger partial charge >= 0.3 is 0 Å². The summed E-state index contributed by atoms with van der Waals surface area (Å²) in [4.78, 5) is 0. The van der Waals surface area contributed by atoms with E-state index in [4.69, 9.17) is 0 Å². The summed E-state index contributed by atoms with van der Waals surface area (Å²) in [6.07, 6.45) is 7.90. The molecule has 0 radical (unpaired) electrons. The van der Waals surface area contributed by atoms with E-state index in [0.717, 1.165) is 19.3 Å². The van der Waals surface area contributed by atoms with Gasteiger partial charge in [0.15, 0.2) is 0 Å². The first-order valence-corrected chi connectivity index (χ1v) is 4.38. The Kier molecular flexibility index (Phi) is 4.88. The second kappa shape index (κ2) is 4.84. The average molecular weight is 158 g/mol. The molecule has 0 bridgehead atoms. The van der Waals surface area contributed by atoms with Crippen molar-refractivity contribution >= 4 is 12.6 Å². The quantitative estimate of drug-likeness (QED) is 0.470. The summed E-state index contributed by atoms with van der Waals surface area (Å²) in [7, 11) is 0. The Balaban J connectivity index is 3.28. The van der Waals surface area contributed by atoms with Crippen molar-refractivity contribution in [3.8, 4) is 0 Å². The van der Waals surface area contributed by atoms with Gasteiger partial charge in [0.05, 0.1) is 0 Å². The van der Waals surface area contributed by atoms with Gasteiger partial charge in [-0.15, -0.1) is 0 Å². The van der Waals surface area contributed by atoms with Crippen LogP contribution in [0.4, 0.5) is 0 Å². The Bertz CT molecular complexity index is 97.8. The van der Waals surface area contributed by atoms with Crippen molar-refractivity contribution in [2.75, 3.05) is 0 Å². The molecule has 0 N–H and O–H groups in total. The van der Waals surface area contributed by atoms with Gasteiger partial charge in [-0.3, -0.25) is 0 Å². The van der Waals surface area contributed by atoms with Gasteiger partial charge in [0.25, 0.3) is 0 Å². The van der Waals surface area contributed by atoms with Crippen LogP contribution in [0.3, 0.4) is 0 Å². The van der Waals surface area contributed by atoms with Crippen molar-refractivity contribution in [2.24, 2.45) is 0 Å².